The third-order valence-corrected chi connectivity index (χ3v) is 5.40. The summed E-state index contributed by atoms with van der Waals surface area (Å²) in [5.74, 6) is 1.13. The lowest BCUT2D eigenvalue weighted by Crippen LogP contribution is -2.39. The molecule has 4 rings (SSSR count). The standard InChI is InChI=1S/C24H24N2O4/c1-29-24(28)22-8-5-15-26(22)19-13-16-25(17-14-19)23(27)18-9-11-21(12-10-18)30-20-6-3-2-4-7-20/h2-12,15,19H,13-14,16-17H2,1H3. The number of likely N-dealkylation sites (tertiary alicyclic amines) is 1. The van der Waals surface area contributed by atoms with E-state index in [4.69, 9.17) is 9.47 Å². The zero-order chi connectivity index (χ0) is 20.9. The molecule has 0 spiro atoms. The Morgan fingerprint density at radius 2 is 1.53 bits per heavy atom. The normalized spacial score (nSPS) is 14.4. The molecule has 0 aliphatic carbocycles. The summed E-state index contributed by atoms with van der Waals surface area (Å²) in [5, 5.41) is 0. The maximum absolute atomic E-state index is 12.9. The van der Waals surface area contributed by atoms with E-state index in [-0.39, 0.29) is 17.9 Å². The Morgan fingerprint density at radius 1 is 0.867 bits per heavy atom. The maximum atomic E-state index is 12.9. The van der Waals surface area contributed by atoms with Gasteiger partial charge in [-0.25, -0.2) is 4.79 Å². The average Bonchev–Trinajstić information content (AvgIpc) is 3.29. The van der Waals surface area contributed by atoms with Gasteiger partial charge in [-0.3, -0.25) is 4.79 Å². The second-order valence-corrected chi connectivity index (χ2v) is 7.26. The maximum Gasteiger partial charge on any atom is 0.354 e. The fraction of sp³-hybridized carbons (Fsp3) is 0.250. The predicted molar refractivity (Wildman–Crippen MR) is 113 cm³/mol. The smallest absolute Gasteiger partial charge is 0.354 e. The van der Waals surface area contributed by atoms with Gasteiger partial charge >= 0.3 is 5.97 Å². The van der Waals surface area contributed by atoms with Gasteiger partial charge in [-0.1, -0.05) is 18.2 Å². The summed E-state index contributed by atoms with van der Waals surface area (Å²) >= 11 is 0. The molecule has 3 aromatic rings. The van der Waals surface area contributed by atoms with Crippen LogP contribution in [0.25, 0.3) is 0 Å². The molecule has 1 amide bonds. The van der Waals surface area contributed by atoms with Crippen molar-refractivity contribution in [3.05, 3.63) is 84.2 Å². The first-order valence-corrected chi connectivity index (χ1v) is 10.0. The molecule has 0 atom stereocenters. The van der Waals surface area contributed by atoms with E-state index in [1.807, 2.05) is 64.2 Å². The van der Waals surface area contributed by atoms with Gasteiger partial charge in [0.15, 0.2) is 0 Å². The van der Waals surface area contributed by atoms with Crippen LogP contribution in [0.2, 0.25) is 0 Å². The Balaban J connectivity index is 1.36. The van der Waals surface area contributed by atoms with Crippen LogP contribution in [-0.4, -0.2) is 41.5 Å². The molecule has 2 aromatic carbocycles. The lowest BCUT2D eigenvalue weighted by atomic mass is 10.0. The van der Waals surface area contributed by atoms with E-state index in [9.17, 15) is 9.59 Å². The minimum absolute atomic E-state index is 0.0143. The van der Waals surface area contributed by atoms with Crippen LogP contribution < -0.4 is 4.74 Å². The van der Waals surface area contributed by atoms with E-state index < -0.39 is 0 Å². The molecule has 6 heteroatoms. The van der Waals surface area contributed by atoms with Gasteiger partial charge < -0.3 is 18.9 Å². The second-order valence-electron chi connectivity index (χ2n) is 7.26. The summed E-state index contributed by atoms with van der Waals surface area (Å²) in [4.78, 5) is 26.7. The Bertz CT molecular complexity index is 1000. The molecule has 1 aromatic heterocycles. The van der Waals surface area contributed by atoms with Gasteiger partial charge in [-0.15, -0.1) is 0 Å². The van der Waals surface area contributed by atoms with E-state index in [0.717, 1.165) is 18.6 Å². The summed E-state index contributed by atoms with van der Waals surface area (Å²) in [6.07, 6.45) is 3.49. The monoisotopic (exact) mass is 404 g/mol. The van der Waals surface area contributed by atoms with Crippen molar-refractivity contribution in [2.45, 2.75) is 18.9 Å². The molecule has 0 saturated carbocycles. The van der Waals surface area contributed by atoms with Crippen molar-refractivity contribution in [3.63, 3.8) is 0 Å². The third-order valence-electron chi connectivity index (χ3n) is 5.40. The van der Waals surface area contributed by atoms with Crippen LogP contribution in [0.5, 0.6) is 11.5 Å². The van der Waals surface area contributed by atoms with Gasteiger partial charge in [-0.2, -0.15) is 0 Å². The Labute approximate surface area is 175 Å². The van der Waals surface area contributed by atoms with Gasteiger partial charge in [0.1, 0.15) is 17.2 Å². The summed E-state index contributed by atoms with van der Waals surface area (Å²) < 4.78 is 12.6. The quantitative estimate of drug-likeness (QED) is 0.586. The summed E-state index contributed by atoms with van der Waals surface area (Å²) in [6, 6.07) is 20.6. The van der Waals surface area contributed by atoms with E-state index in [0.29, 0.717) is 30.1 Å². The fourth-order valence-electron chi connectivity index (χ4n) is 3.81. The number of ether oxygens (including phenoxy) is 2. The molecule has 154 valence electrons. The molecular formula is C24H24N2O4. The highest BCUT2D eigenvalue weighted by Gasteiger charge is 2.26. The third kappa shape index (κ3) is 4.22. The van der Waals surface area contributed by atoms with Crippen molar-refractivity contribution in [1.82, 2.24) is 9.47 Å². The van der Waals surface area contributed by atoms with E-state index >= 15 is 0 Å². The number of amides is 1. The molecule has 30 heavy (non-hydrogen) atoms. The number of hydrogen-bond donors (Lipinski definition) is 0. The SMILES string of the molecule is COC(=O)c1cccn1C1CCN(C(=O)c2ccc(Oc3ccccc3)cc2)CC1. The van der Waals surface area contributed by atoms with Crippen molar-refractivity contribution in [3.8, 4) is 11.5 Å². The molecule has 0 unspecified atom stereocenters. The van der Waals surface area contributed by atoms with E-state index in [1.165, 1.54) is 7.11 Å². The average molecular weight is 404 g/mol. The number of carbonyl (C=O) groups excluding carboxylic acids is 2. The number of methoxy groups -OCH3 is 1. The first-order valence-electron chi connectivity index (χ1n) is 10.0. The Kier molecular flexibility index (Phi) is 5.84. The molecule has 1 aliphatic rings. The van der Waals surface area contributed by atoms with Crippen LogP contribution in [0, 0.1) is 0 Å². The van der Waals surface area contributed by atoms with Crippen LogP contribution in [0.15, 0.2) is 72.9 Å². The largest absolute Gasteiger partial charge is 0.464 e. The predicted octanol–water partition coefficient (Wildman–Crippen LogP) is 4.54. The van der Waals surface area contributed by atoms with Crippen LogP contribution in [0.4, 0.5) is 0 Å². The van der Waals surface area contributed by atoms with Crippen molar-refractivity contribution in [2.75, 3.05) is 20.2 Å². The Morgan fingerprint density at radius 3 is 2.20 bits per heavy atom. The van der Waals surface area contributed by atoms with Crippen molar-refractivity contribution in [2.24, 2.45) is 0 Å². The molecule has 1 saturated heterocycles. The van der Waals surface area contributed by atoms with Crippen molar-refractivity contribution in [1.29, 1.82) is 0 Å². The molecular weight excluding hydrogens is 380 g/mol. The molecule has 2 heterocycles. The molecule has 1 aliphatic heterocycles. The second kappa shape index (κ2) is 8.86. The molecule has 6 nitrogen and oxygen atoms in total. The number of para-hydroxylation sites is 1. The van der Waals surface area contributed by atoms with Crippen LogP contribution >= 0.6 is 0 Å². The lowest BCUT2D eigenvalue weighted by Gasteiger charge is -2.33. The van der Waals surface area contributed by atoms with Crippen LogP contribution in [0.3, 0.4) is 0 Å². The zero-order valence-corrected chi connectivity index (χ0v) is 16.9. The summed E-state index contributed by atoms with van der Waals surface area (Å²) in [6.45, 7) is 1.29. The number of benzene rings is 2. The lowest BCUT2D eigenvalue weighted by molar-refractivity contribution is 0.0573. The van der Waals surface area contributed by atoms with Crippen molar-refractivity contribution >= 4 is 11.9 Å². The first-order chi connectivity index (χ1) is 14.7. The first kappa shape index (κ1) is 19.8. The van der Waals surface area contributed by atoms with E-state index in [2.05, 4.69) is 0 Å². The number of hydrogen-bond acceptors (Lipinski definition) is 4. The number of aromatic nitrogens is 1. The van der Waals surface area contributed by atoms with Crippen LogP contribution in [-0.2, 0) is 4.74 Å². The van der Waals surface area contributed by atoms with Gasteiger partial charge in [-0.05, 0) is 61.4 Å². The molecule has 0 N–H and O–H groups in total. The number of nitrogens with zero attached hydrogens (tertiary/aromatic N) is 2. The van der Waals surface area contributed by atoms with Gasteiger partial charge in [0, 0.05) is 30.9 Å². The summed E-state index contributed by atoms with van der Waals surface area (Å²) in [5.41, 5.74) is 1.20. The molecule has 1 fully saturated rings. The number of carbonyl (C=O) groups is 2. The fourth-order valence-corrected chi connectivity index (χ4v) is 3.81. The highest BCUT2D eigenvalue weighted by atomic mass is 16.5. The number of esters is 1. The zero-order valence-electron chi connectivity index (χ0n) is 16.9. The van der Waals surface area contributed by atoms with Gasteiger partial charge in [0.25, 0.3) is 5.91 Å². The highest BCUT2D eigenvalue weighted by Crippen LogP contribution is 2.27. The van der Waals surface area contributed by atoms with Gasteiger partial charge in [0.2, 0.25) is 0 Å². The number of rotatable bonds is 5. The number of piperidine rings is 1. The van der Waals surface area contributed by atoms with Crippen LogP contribution in [0.1, 0.15) is 39.7 Å². The van der Waals surface area contributed by atoms with E-state index in [1.54, 1.807) is 18.2 Å². The molecule has 0 radical (unpaired) electrons. The molecule has 0 bridgehead atoms. The van der Waals surface area contributed by atoms with Gasteiger partial charge in [0.05, 0.1) is 7.11 Å². The highest BCUT2D eigenvalue weighted by molar-refractivity contribution is 5.94. The topological polar surface area (TPSA) is 60.8 Å². The summed E-state index contributed by atoms with van der Waals surface area (Å²) in [7, 11) is 1.39. The minimum Gasteiger partial charge on any atom is -0.464 e. The Hall–Kier alpha value is -3.54. The van der Waals surface area contributed by atoms with Crippen molar-refractivity contribution < 1.29 is 19.1 Å². The minimum atomic E-state index is -0.337.